The predicted octanol–water partition coefficient (Wildman–Crippen LogP) is 3.21. The molecular weight excluding hydrogens is 238 g/mol. The van der Waals surface area contributed by atoms with Crippen LogP contribution in [0.1, 0.15) is 45.4 Å². The van der Waals surface area contributed by atoms with E-state index in [0.29, 0.717) is 23.4 Å². The van der Waals surface area contributed by atoms with Crippen LogP contribution < -0.4 is 4.90 Å². The topological polar surface area (TPSA) is 42.2 Å². The van der Waals surface area contributed by atoms with Crippen molar-refractivity contribution in [2.45, 2.75) is 51.5 Å². The van der Waals surface area contributed by atoms with E-state index in [1.54, 1.807) is 0 Å². The summed E-state index contributed by atoms with van der Waals surface area (Å²) in [6, 6.07) is 1.09. The van der Waals surface area contributed by atoms with E-state index in [-0.39, 0.29) is 5.88 Å². The zero-order valence-electron chi connectivity index (χ0n) is 10.7. The number of aromatic nitrogens is 2. The molecule has 0 atom stereocenters. The quantitative estimate of drug-likeness (QED) is 0.780. The molecule has 1 heterocycles. The van der Waals surface area contributed by atoms with Crippen LogP contribution in [0, 0.1) is 5.41 Å². The molecule has 0 saturated heterocycles. The number of nitrogens with zero attached hydrogens (tertiary/aromatic N) is 3. The van der Waals surface area contributed by atoms with Crippen LogP contribution in [0.4, 0.5) is 6.01 Å². The average molecular weight is 258 g/mol. The summed E-state index contributed by atoms with van der Waals surface area (Å²) in [5.41, 5.74) is 0.480. The number of rotatable bonds is 3. The lowest BCUT2D eigenvalue weighted by Crippen LogP contribution is -2.37. The zero-order valence-corrected chi connectivity index (χ0v) is 11.5. The second-order valence-corrected chi connectivity index (χ2v) is 5.89. The summed E-state index contributed by atoms with van der Waals surface area (Å²) in [5.74, 6) is 0.767. The molecule has 4 nitrogen and oxygen atoms in total. The number of alkyl halides is 1. The van der Waals surface area contributed by atoms with E-state index in [9.17, 15) is 0 Å². The fourth-order valence-corrected chi connectivity index (χ4v) is 2.48. The molecule has 1 fully saturated rings. The van der Waals surface area contributed by atoms with Gasteiger partial charge in [0, 0.05) is 13.1 Å². The van der Waals surface area contributed by atoms with Gasteiger partial charge in [-0.1, -0.05) is 18.9 Å². The van der Waals surface area contributed by atoms with Gasteiger partial charge < -0.3 is 9.32 Å². The summed E-state index contributed by atoms with van der Waals surface area (Å²) in [7, 11) is 2.02. The van der Waals surface area contributed by atoms with E-state index in [2.05, 4.69) is 28.9 Å². The van der Waals surface area contributed by atoms with E-state index in [1.807, 2.05) is 7.05 Å². The van der Waals surface area contributed by atoms with Gasteiger partial charge >= 0.3 is 6.01 Å². The number of hydrogen-bond donors (Lipinski definition) is 0. The highest BCUT2D eigenvalue weighted by Crippen LogP contribution is 2.37. The van der Waals surface area contributed by atoms with Crippen LogP contribution in [0.5, 0.6) is 0 Å². The van der Waals surface area contributed by atoms with Crippen molar-refractivity contribution >= 4 is 17.6 Å². The van der Waals surface area contributed by atoms with Crippen molar-refractivity contribution < 1.29 is 4.42 Å². The van der Waals surface area contributed by atoms with Gasteiger partial charge in [0.05, 0.1) is 0 Å². The summed E-state index contributed by atoms with van der Waals surface area (Å²) in [4.78, 5) is 2.10. The largest absolute Gasteiger partial charge is 0.407 e. The zero-order chi connectivity index (χ0) is 12.5. The molecule has 0 radical (unpaired) electrons. The Kier molecular flexibility index (Phi) is 3.61. The Morgan fingerprint density at radius 2 is 2.00 bits per heavy atom. The molecule has 1 aliphatic rings. The van der Waals surface area contributed by atoms with Gasteiger partial charge in [0.2, 0.25) is 5.89 Å². The molecule has 96 valence electrons. The Balaban J connectivity index is 1.98. The monoisotopic (exact) mass is 257 g/mol. The van der Waals surface area contributed by atoms with Crippen LogP contribution >= 0.6 is 11.6 Å². The van der Waals surface area contributed by atoms with Crippen LogP contribution in [-0.2, 0) is 5.88 Å². The van der Waals surface area contributed by atoms with Crippen molar-refractivity contribution in [3.8, 4) is 0 Å². The van der Waals surface area contributed by atoms with Crippen molar-refractivity contribution in [1.29, 1.82) is 0 Å². The molecule has 5 heteroatoms. The van der Waals surface area contributed by atoms with E-state index in [4.69, 9.17) is 16.0 Å². The minimum absolute atomic E-state index is 0.276. The number of anilines is 1. The normalized spacial score (nSPS) is 20.5. The highest BCUT2D eigenvalue weighted by Gasteiger charge is 2.30. The van der Waals surface area contributed by atoms with Gasteiger partial charge in [-0.3, -0.25) is 0 Å². The van der Waals surface area contributed by atoms with Gasteiger partial charge in [0.1, 0.15) is 5.88 Å². The van der Waals surface area contributed by atoms with Crippen LogP contribution in [0.3, 0.4) is 0 Å². The Morgan fingerprint density at radius 3 is 2.53 bits per heavy atom. The lowest BCUT2D eigenvalue weighted by molar-refractivity contribution is 0.219. The molecule has 17 heavy (non-hydrogen) atoms. The van der Waals surface area contributed by atoms with E-state index < -0.39 is 0 Å². The summed E-state index contributed by atoms with van der Waals surface area (Å²) in [6.45, 7) is 4.67. The standard InChI is InChI=1S/C12H20ClN3O/c1-12(2)6-4-9(5-7-12)16(3)11-15-14-10(8-13)17-11/h9H,4-8H2,1-3H3. The highest BCUT2D eigenvalue weighted by atomic mass is 35.5. The summed E-state index contributed by atoms with van der Waals surface area (Å²) < 4.78 is 5.47. The second-order valence-electron chi connectivity index (χ2n) is 5.62. The minimum Gasteiger partial charge on any atom is -0.407 e. The maximum atomic E-state index is 5.65. The maximum Gasteiger partial charge on any atom is 0.318 e. The Morgan fingerprint density at radius 1 is 1.35 bits per heavy atom. The van der Waals surface area contributed by atoms with Gasteiger partial charge in [0.15, 0.2) is 0 Å². The van der Waals surface area contributed by atoms with Crippen molar-refractivity contribution in [1.82, 2.24) is 10.2 Å². The number of halogens is 1. The molecule has 0 aromatic carbocycles. The molecule has 2 rings (SSSR count). The van der Waals surface area contributed by atoms with Crippen LogP contribution in [-0.4, -0.2) is 23.3 Å². The molecule has 1 aliphatic carbocycles. The van der Waals surface area contributed by atoms with Crippen molar-refractivity contribution in [3.05, 3.63) is 5.89 Å². The Hall–Kier alpha value is -0.770. The first-order valence-corrected chi connectivity index (χ1v) is 6.66. The fraction of sp³-hybridized carbons (Fsp3) is 0.833. The first-order valence-electron chi connectivity index (χ1n) is 6.13. The SMILES string of the molecule is CN(c1nnc(CCl)o1)C1CCC(C)(C)CC1. The maximum absolute atomic E-state index is 5.65. The predicted molar refractivity (Wildman–Crippen MR) is 68.3 cm³/mol. The molecule has 0 aliphatic heterocycles. The lowest BCUT2D eigenvalue weighted by Gasteiger charge is -2.37. The average Bonchev–Trinajstić information content (AvgIpc) is 2.76. The van der Waals surface area contributed by atoms with Crippen molar-refractivity contribution in [3.63, 3.8) is 0 Å². The fourth-order valence-electron chi connectivity index (χ4n) is 2.37. The van der Waals surface area contributed by atoms with E-state index >= 15 is 0 Å². The van der Waals surface area contributed by atoms with Gasteiger partial charge in [-0.15, -0.1) is 16.7 Å². The molecule has 1 aromatic rings. The second kappa shape index (κ2) is 4.84. The molecule has 0 unspecified atom stereocenters. The van der Waals surface area contributed by atoms with Gasteiger partial charge in [-0.2, -0.15) is 0 Å². The smallest absolute Gasteiger partial charge is 0.318 e. The Labute approximate surface area is 107 Å². The highest BCUT2D eigenvalue weighted by molar-refractivity contribution is 6.16. The van der Waals surface area contributed by atoms with Gasteiger partial charge in [0.25, 0.3) is 0 Å². The molecule has 0 bridgehead atoms. The van der Waals surface area contributed by atoms with Crippen LogP contribution in [0.25, 0.3) is 0 Å². The van der Waals surface area contributed by atoms with Gasteiger partial charge in [-0.25, -0.2) is 0 Å². The molecule has 0 spiro atoms. The third kappa shape index (κ3) is 2.92. The molecule has 0 amide bonds. The van der Waals surface area contributed by atoms with Crippen molar-refractivity contribution in [2.75, 3.05) is 11.9 Å². The Bertz CT molecular complexity index is 368. The molecule has 1 saturated carbocycles. The lowest BCUT2D eigenvalue weighted by atomic mass is 9.75. The first kappa shape index (κ1) is 12.7. The van der Waals surface area contributed by atoms with Crippen LogP contribution in [0.15, 0.2) is 4.42 Å². The van der Waals surface area contributed by atoms with Crippen LogP contribution in [0.2, 0.25) is 0 Å². The minimum atomic E-state index is 0.276. The third-order valence-electron chi connectivity index (χ3n) is 3.73. The third-order valence-corrected chi connectivity index (χ3v) is 3.96. The summed E-state index contributed by atoms with van der Waals surface area (Å²) in [5, 5.41) is 7.91. The summed E-state index contributed by atoms with van der Waals surface area (Å²) >= 11 is 5.65. The number of hydrogen-bond acceptors (Lipinski definition) is 4. The van der Waals surface area contributed by atoms with E-state index in [1.165, 1.54) is 25.7 Å². The molecule has 1 aromatic heterocycles. The summed E-state index contributed by atoms with van der Waals surface area (Å²) in [6.07, 6.45) is 4.86. The molecule has 0 N–H and O–H groups in total. The van der Waals surface area contributed by atoms with Gasteiger partial charge in [-0.05, 0) is 31.1 Å². The molecular formula is C12H20ClN3O. The first-order chi connectivity index (χ1) is 8.02. The van der Waals surface area contributed by atoms with Crippen molar-refractivity contribution in [2.24, 2.45) is 5.41 Å². The van der Waals surface area contributed by atoms with E-state index in [0.717, 1.165) is 0 Å².